The van der Waals surface area contributed by atoms with Crippen molar-refractivity contribution >= 4 is 23.0 Å². The molecule has 0 fully saturated rings. The van der Waals surface area contributed by atoms with Gasteiger partial charge in [0.15, 0.2) is 0 Å². The Kier molecular flexibility index (Phi) is 6.05. The molecule has 7 heteroatoms. The Morgan fingerprint density at radius 2 is 1.92 bits per heavy atom. The maximum absolute atomic E-state index is 11.3. The van der Waals surface area contributed by atoms with E-state index in [9.17, 15) is 20.0 Å². The molecule has 0 amide bonds. The fourth-order valence-electron chi connectivity index (χ4n) is 2.34. The summed E-state index contributed by atoms with van der Waals surface area (Å²) >= 11 is 1.55. The Hall–Kier alpha value is -2.25. The van der Waals surface area contributed by atoms with E-state index in [1.54, 1.807) is 23.5 Å². The first-order valence-electron chi connectivity index (χ1n) is 7.66. The van der Waals surface area contributed by atoms with E-state index in [0.29, 0.717) is 18.9 Å². The number of benzene rings is 1. The summed E-state index contributed by atoms with van der Waals surface area (Å²) in [7, 11) is 0. The molecule has 0 aliphatic rings. The second-order valence-electron chi connectivity index (χ2n) is 5.97. The molecule has 24 heavy (non-hydrogen) atoms. The quantitative estimate of drug-likeness (QED) is 0.557. The number of carboxylic acid groups (broad SMARTS) is 1. The molecule has 128 valence electrons. The number of nitro benzene ring substituents is 1. The molecule has 0 spiro atoms. The average molecular weight is 348 g/mol. The molecular formula is C17H20N2O4S. The molecule has 0 saturated carbocycles. The van der Waals surface area contributed by atoms with Crippen molar-refractivity contribution in [3.63, 3.8) is 0 Å². The van der Waals surface area contributed by atoms with Crippen LogP contribution in [0.3, 0.4) is 0 Å². The van der Waals surface area contributed by atoms with Crippen molar-refractivity contribution in [2.45, 2.75) is 32.9 Å². The average Bonchev–Trinajstić information content (AvgIpc) is 2.99. The minimum absolute atomic E-state index is 0.0650. The van der Waals surface area contributed by atoms with Gasteiger partial charge in [0.2, 0.25) is 0 Å². The van der Waals surface area contributed by atoms with E-state index in [2.05, 4.69) is 5.32 Å². The van der Waals surface area contributed by atoms with Crippen molar-refractivity contribution in [2.24, 2.45) is 5.92 Å². The van der Waals surface area contributed by atoms with Crippen LogP contribution in [0.1, 0.15) is 25.1 Å². The molecule has 0 radical (unpaired) electrons. The van der Waals surface area contributed by atoms with E-state index >= 15 is 0 Å². The summed E-state index contributed by atoms with van der Waals surface area (Å²) in [4.78, 5) is 23.5. The summed E-state index contributed by atoms with van der Waals surface area (Å²) in [5, 5.41) is 23.0. The van der Waals surface area contributed by atoms with Crippen molar-refractivity contribution in [3.05, 3.63) is 51.4 Å². The fraction of sp³-hybridized carbons (Fsp3) is 0.353. The van der Waals surface area contributed by atoms with Crippen molar-refractivity contribution in [1.29, 1.82) is 0 Å². The SMILES string of the molecule is CC(C)C[C@H](NCc1ccc(-c2ccc([N+](=O)[O-])cc2)s1)C(=O)O. The molecule has 0 bridgehead atoms. The molecule has 1 aromatic heterocycles. The van der Waals surface area contributed by atoms with Crippen LogP contribution >= 0.6 is 11.3 Å². The zero-order valence-corrected chi connectivity index (χ0v) is 14.4. The highest BCUT2D eigenvalue weighted by molar-refractivity contribution is 7.15. The van der Waals surface area contributed by atoms with Gasteiger partial charge in [0.25, 0.3) is 5.69 Å². The van der Waals surface area contributed by atoms with E-state index < -0.39 is 16.9 Å². The normalized spacial score (nSPS) is 12.3. The number of nitro groups is 1. The van der Waals surface area contributed by atoms with E-state index in [-0.39, 0.29) is 5.69 Å². The number of hydrogen-bond donors (Lipinski definition) is 2. The third kappa shape index (κ3) is 4.87. The van der Waals surface area contributed by atoms with Crippen LogP contribution in [0.25, 0.3) is 10.4 Å². The largest absolute Gasteiger partial charge is 0.480 e. The lowest BCUT2D eigenvalue weighted by atomic mass is 10.0. The maximum Gasteiger partial charge on any atom is 0.320 e. The van der Waals surface area contributed by atoms with Crippen LogP contribution in [-0.4, -0.2) is 22.0 Å². The number of nitrogens with one attached hydrogen (secondary N) is 1. The predicted molar refractivity (Wildman–Crippen MR) is 94.1 cm³/mol. The molecule has 1 aromatic carbocycles. The van der Waals surface area contributed by atoms with Crippen LogP contribution in [0.2, 0.25) is 0 Å². The van der Waals surface area contributed by atoms with Crippen molar-refractivity contribution in [3.8, 4) is 10.4 Å². The molecule has 0 unspecified atom stereocenters. The summed E-state index contributed by atoms with van der Waals surface area (Å²) in [6, 6.07) is 9.74. The van der Waals surface area contributed by atoms with Gasteiger partial charge in [0, 0.05) is 28.4 Å². The first-order valence-corrected chi connectivity index (χ1v) is 8.48. The standard InChI is InChI=1S/C17H20N2O4S/c1-11(2)9-15(17(20)21)18-10-14-7-8-16(24-14)12-3-5-13(6-4-12)19(22)23/h3-8,11,15,18H,9-10H2,1-2H3,(H,20,21)/t15-/m0/s1. The summed E-state index contributed by atoms with van der Waals surface area (Å²) in [5.41, 5.74) is 0.976. The zero-order valence-electron chi connectivity index (χ0n) is 13.6. The summed E-state index contributed by atoms with van der Waals surface area (Å²) < 4.78 is 0. The minimum Gasteiger partial charge on any atom is -0.480 e. The first kappa shape index (κ1) is 18.1. The van der Waals surface area contributed by atoms with Crippen LogP contribution < -0.4 is 5.32 Å². The fourth-order valence-corrected chi connectivity index (χ4v) is 3.31. The third-order valence-electron chi connectivity index (χ3n) is 3.55. The van der Waals surface area contributed by atoms with Crippen molar-refractivity contribution in [2.75, 3.05) is 0 Å². The van der Waals surface area contributed by atoms with Gasteiger partial charge in [-0.15, -0.1) is 11.3 Å². The lowest BCUT2D eigenvalue weighted by Crippen LogP contribution is -2.37. The van der Waals surface area contributed by atoms with Crippen LogP contribution in [0.4, 0.5) is 5.69 Å². The maximum atomic E-state index is 11.3. The Labute approximate surface area is 144 Å². The number of aliphatic carboxylic acids is 1. The molecule has 2 N–H and O–H groups in total. The summed E-state index contributed by atoms with van der Waals surface area (Å²) in [6.07, 6.45) is 0.579. The second kappa shape index (κ2) is 8.03. The van der Waals surface area contributed by atoms with Crippen molar-refractivity contribution < 1.29 is 14.8 Å². The number of nitrogens with zero attached hydrogens (tertiary/aromatic N) is 1. The van der Waals surface area contributed by atoms with Gasteiger partial charge in [0.1, 0.15) is 6.04 Å². The number of rotatable bonds is 8. The van der Waals surface area contributed by atoms with Gasteiger partial charge in [-0.25, -0.2) is 0 Å². The molecule has 1 heterocycles. The molecule has 2 rings (SSSR count). The second-order valence-corrected chi connectivity index (χ2v) is 7.14. The van der Waals surface area contributed by atoms with Gasteiger partial charge in [-0.05, 0) is 42.2 Å². The molecule has 6 nitrogen and oxygen atoms in total. The third-order valence-corrected chi connectivity index (χ3v) is 4.69. The number of thiophene rings is 1. The Morgan fingerprint density at radius 1 is 1.25 bits per heavy atom. The van der Waals surface area contributed by atoms with E-state index in [4.69, 9.17) is 0 Å². The predicted octanol–water partition coefficient (Wildman–Crippen LogP) is 3.91. The van der Waals surface area contributed by atoms with Crippen molar-refractivity contribution in [1.82, 2.24) is 5.32 Å². The van der Waals surface area contributed by atoms with E-state index in [1.165, 1.54) is 12.1 Å². The molecule has 0 saturated heterocycles. The molecule has 0 aliphatic heterocycles. The van der Waals surface area contributed by atoms with E-state index in [0.717, 1.165) is 15.3 Å². The number of carboxylic acids is 1. The topological polar surface area (TPSA) is 92.5 Å². The lowest BCUT2D eigenvalue weighted by Gasteiger charge is -2.15. The molecule has 2 aromatic rings. The van der Waals surface area contributed by atoms with Gasteiger partial charge >= 0.3 is 5.97 Å². The van der Waals surface area contributed by atoms with Crippen LogP contribution in [0, 0.1) is 16.0 Å². The van der Waals surface area contributed by atoms with Gasteiger partial charge in [-0.2, -0.15) is 0 Å². The van der Waals surface area contributed by atoms with Gasteiger partial charge in [0.05, 0.1) is 4.92 Å². The smallest absolute Gasteiger partial charge is 0.320 e. The van der Waals surface area contributed by atoms with Crippen LogP contribution in [0.15, 0.2) is 36.4 Å². The van der Waals surface area contributed by atoms with Crippen LogP contribution in [0.5, 0.6) is 0 Å². The van der Waals surface area contributed by atoms with Gasteiger partial charge < -0.3 is 5.11 Å². The Bertz CT molecular complexity index is 710. The highest BCUT2D eigenvalue weighted by atomic mass is 32.1. The van der Waals surface area contributed by atoms with Gasteiger partial charge in [-0.3, -0.25) is 20.2 Å². The molecular weight excluding hydrogens is 328 g/mol. The minimum atomic E-state index is -0.837. The summed E-state index contributed by atoms with van der Waals surface area (Å²) in [5.74, 6) is -0.534. The Balaban J connectivity index is 2.02. The summed E-state index contributed by atoms with van der Waals surface area (Å²) in [6.45, 7) is 4.48. The van der Waals surface area contributed by atoms with Gasteiger partial charge in [-0.1, -0.05) is 13.8 Å². The highest BCUT2D eigenvalue weighted by Gasteiger charge is 2.18. The lowest BCUT2D eigenvalue weighted by molar-refractivity contribution is -0.384. The first-order chi connectivity index (χ1) is 11.4. The Morgan fingerprint density at radius 3 is 2.46 bits per heavy atom. The highest BCUT2D eigenvalue weighted by Crippen LogP contribution is 2.29. The number of hydrogen-bond acceptors (Lipinski definition) is 5. The molecule has 1 atom stereocenters. The van der Waals surface area contributed by atoms with E-state index in [1.807, 2.05) is 26.0 Å². The zero-order chi connectivity index (χ0) is 17.7. The molecule has 0 aliphatic carbocycles. The monoisotopic (exact) mass is 348 g/mol. The number of non-ortho nitro benzene ring substituents is 1. The number of carbonyl (C=O) groups is 1. The van der Waals surface area contributed by atoms with Crippen LogP contribution in [-0.2, 0) is 11.3 Å².